The molecule has 0 saturated carbocycles. The molecule has 0 bridgehead atoms. The van der Waals surface area contributed by atoms with Gasteiger partial charge in [-0.05, 0) is 83.5 Å². The Balaban J connectivity index is 4.68. The van der Waals surface area contributed by atoms with Crippen molar-refractivity contribution in [1.82, 2.24) is 0 Å². The lowest BCUT2D eigenvalue weighted by Gasteiger charge is -2.21. The Morgan fingerprint density at radius 3 is 1.05 bits per heavy atom. The van der Waals surface area contributed by atoms with Crippen LogP contribution in [0.2, 0.25) is 0 Å². The minimum atomic E-state index is -4.76. The normalized spacial score (nSPS) is 13.7. The molecule has 0 radical (unpaired) electrons. The van der Waals surface area contributed by atoms with Gasteiger partial charge in [0.25, 0.3) is 0 Å². The minimum absolute atomic E-state index is 0.167. The van der Waals surface area contributed by atoms with Gasteiger partial charge in [0, 0.05) is 19.3 Å². The number of carbonyl (C=O) groups excluding carboxylic acids is 3. The van der Waals surface area contributed by atoms with Gasteiger partial charge in [-0.2, -0.15) is 0 Å². The summed E-state index contributed by atoms with van der Waals surface area (Å²) in [6, 6.07) is 0. The number of hydrogen-bond donors (Lipinski definition) is 2. The van der Waals surface area contributed by atoms with Gasteiger partial charge in [-0.3, -0.25) is 23.4 Å². The predicted octanol–water partition coefficient (Wildman–Crippen LogP) is 19.5. The van der Waals surface area contributed by atoms with E-state index in [1.807, 2.05) is 0 Å². The van der Waals surface area contributed by atoms with E-state index in [-0.39, 0.29) is 25.9 Å². The maximum absolute atomic E-state index is 13.0. The zero-order chi connectivity index (χ0) is 56.9. The van der Waals surface area contributed by atoms with Gasteiger partial charge in [-0.25, -0.2) is 4.57 Å². The van der Waals surface area contributed by atoms with Gasteiger partial charge < -0.3 is 24.2 Å². The molecule has 78 heavy (non-hydrogen) atoms. The van der Waals surface area contributed by atoms with Crippen LogP contribution in [0.5, 0.6) is 0 Å². The Morgan fingerprint density at radius 2 is 0.667 bits per heavy atom. The predicted molar refractivity (Wildman–Crippen MR) is 325 cm³/mol. The highest BCUT2D eigenvalue weighted by atomic mass is 31.2. The molecule has 0 aliphatic heterocycles. The molecule has 0 amide bonds. The van der Waals surface area contributed by atoms with Crippen molar-refractivity contribution in [3.63, 3.8) is 0 Å². The van der Waals surface area contributed by atoms with Gasteiger partial charge in [0.2, 0.25) is 0 Å². The van der Waals surface area contributed by atoms with E-state index >= 15 is 0 Å². The van der Waals surface area contributed by atoms with Crippen LogP contribution in [-0.4, -0.2) is 66.5 Å². The number of phosphoric acid groups is 1. The number of ether oxygens (including phenoxy) is 3. The largest absolute Gasteiger partial charge is 0.472 e. The topological polar surface area (TPSA) is 155 Å². The second-order valence-corrected chi connectivity index (χ2v) is 23.0. The molecule has 0 aromatic carbocycles. The van der Waals surface area contributed by atoms with Crippen LogP contribution < -0.4 is 0 Å². The van der Waals surface area contributed by atoms with Crippen molar-refractivity contribution in [3.8, 4) is 0 Å². The lowest BCUT2D eigenvalue weighted by Crippen LogP contribution is -2.30. The Labute approximate surface area is 478 Å². The molecule has 0 rings (SSSR count). The van der Waals surface area contributed by atoms with Crippen LogP contribution in [0.4, 0.5) is 0 Å². The van der Waals surface area contributed by atoms with E-state index in [0.29, 0.717) is 19.3 Å². The highest BCUT2D eigenvalue weighted by Gasteiger charge is 2.28. The molecule has 12 heteroatoms. The molecule has 0 fully saturated rings. The van der Waals surface area contributed by atoms with Crippen molar-refractivity contribution < 1.29 is 52.2 Å². The van der Waals surface area contributed by atoms with Crippen LogP contribution in [0, 0.1) is 0 Å². The Hall–Kier alpha value is -2.82. The summed E-state index contributed by atoms with van der Waals surface area (Å²) in [6.07, 6.45) is 67.4. The van der Waals surface area contributed by atoms with Crippen LogP contribution in [0.25, 0.3) is 0 Å². The van der Waals surface area contributed by atoms with Crippen LogP contribution in [0.15, 0.2) is 60.8 Å². The SMILES string of the molecule is CC/C=C\C/C=C\C/C=C\CCCCCCCC(=O)OCC(COP(=O)(O)OCC(CO)OC(=O)CCCCCCCCC/C=C\C/C=C\CCCCC)OC(=O)CCCCCCCCCCCCCCCCCCCCC. The van der Waals surface area contributed by atoms with Gasteiger partial charge in [0.15, 0.2) is 6.10 Å². The van der Waals surface area contributed by atoms with Gasteiger partial charge >= 0.3 is 25.7 Å². The maximum Gasteiger partial charge on any atom is 0.472 e. The smallest absolute Gasteiger partial charge is 0.462 e. The molecule has 0 heterocycles. The molecule has 2 N–H and O–H groups in total. The van der Waals surface area contributed by atoms with E-state index in [1.54, 1.807) is 0 Å². The van der Waals surface area contributed by atoms with Crippen LogP contribution in [0.1, 0.15) is 303 Å². The van der Waals surface area contributed by atoms with Crippen molar-refractivity contribution in [3.05, 3.63) is 60.8 Å². The van der Waals surface area contributed by atoms with Gasteiger partial charge in [-0.1, -0.05) is 261 Å². The first-order valence-corrected chi connectivity index (χ1v) is 33.7. The van der Waals surface area contributed by atoms with Crippen LogP contribution in [0.3, 0.4) is 0 Å². The summed E-state index contributed by atoms with van der Waals surface area (Å²) in [5.41, 5.74) is 0. The molecule has 3 unspecified atom stereocenters. The number of aliphatic hydroxyl groups is 1. The average Bonchev–Trinajstić information content (AvgIpc) is 3.43. The maximum atomic E-state index is 13.0. The number of hydrogen-bond acceptors (Lipinski definition) is 10. The fraction of sp³-hybridized carbons (Fsp3) is 0.803. The van der Waals surface area contributed by atoms with Crippen molar-refractivity contribution in [2.45, 2.75) is 315 Å². The molecule has 0 aliphatic rings. The second kappa shape index (κ2) is 60.3. The molecule has 0 spiro atoms. The molecule has 0 saturated heterocycles. The van der Waals surface area contributed by atoms with Gasteiger partial charge in [0.1, 0.15) is 12.7 Å². The number of phosphoric ester groups is 1. The number of allylic oxidation sites excluding steroid dienone is 10. The van der Waals surface area contributed by atoms with E-state index < -0.39 is 57.8 Å². The summed E-state index contributed by atoms with van der Waals surface area (Å²) >= 11 is 0. The van der Waals surface area contributed by atoms with Gasteiger partial charge in [-0.15, -0.1) is 0 Å². The quantitative estimate of drug-likeness (QED) is 0.0197. The zero-order valence-corrected chi connectivity index (χ0v) is 51.3. The summed E-state index contributed by atoms with van der Waals surface area (Å²) in [7, 11) is -4.76. The fourth-order valence-electron chi connectivity index (χ4n) is 9.05. The Kier molecular flexibility index (Phi) is 58.1. The molecule has 11 nitrogen and oxygen atoms in total. The number of rotatable bonds is 60. The van der Waals surface area contributed by atoms with E-state index in [9.17, 15) is 28.9 Å². The van der Waals surface area contributed by atoms with E-state index in [0.717, 1.165) is 109 Å². The first kappa shape index (κ1) is 75.2. The fourth-order valence-corrected chi connectivity index (χ4v) is 9.83. The number of carbonyl (C=O) groups is 3. The summed E-state index contributed by atoms with van der Waals surface area (Å²) < 4.78 is 39.7. The summed E-state index contributed by atoms with van der Waals surface area (Å²) in [6.45, 7) is 4.54. The number of unbranched alkanes of at least 4 members (excludes halogenated alkanes) is 33. The van der Waals surface area contributed by atoms with Crippen molar-refractivity contribution in [1.29, 1.82) is 0 Å². The summed E-state index contributed by atoms with van der Waals surface area (Å²) in [5.74, 6) is -1.47. The third kappa shape index (κ3) is 57.9. The first-order valence-electron chi connectivity index (χ1n) is 32.2. The molecular weight excluding hydrogens is 1000 g/mol. The highest BCUT2D eigenvalue weighted by Crippen LogP contribution is 2.43. The zero-order valence-electron chi connectivity index (χ0n) is 50.4. The van der Waals surface area contributed by atoms with Crippen LogP contribution in [-0.2, 0) is 42.2 Å². The Bertz CT molecular complexity index is 1540. The molecule has 0 aliphatic carbocycles. The second-order valence-electron chi connectivity index (χ2n) is 21.6. The number of aliphatic hydroxyl groups excluding tert-OH is 1. The molecular formula is C66H119O11P. The lowest BCUT2D eigenvalue weighted by atomic mass is 10.0. The highest BCUT2D eigenvalue weighted by molar-refractivity contribution is 7.47. The van der Waals surface area contributed by atoms with Crippen molar-refractivity contribution >= 4 is 25.7 Å². The molecule has 0 aromatic rings. The molecule has 454 valence electrons. The van der Waals surface area contributed by atoms with E-state index in [4.69, 9.17) is 23.3 Å². The van der Waals surface area contributed by atoms with Crippen molar-refractivity contribution in [2.75, 3.05) is 26.4 Å². The first-order chi connectivity index (χ1) is 38.2. The van der Waals surface area contributed by atoms with Crippen LogP contribution >= 0.6 is 7.82 Å². The Morgan fingerprint density at radius 1 is 0.372 bits per heavy atom. The van der Waals surface area contributed by atoms with Crippen molar-refractivity contribution in [2.24, 2.45) is 0 Å². The minimum Gasteiger partial charge on any atom is -0.462 e. The molecule has 3 atom stereocenters. The standard InChI is InChI=1S/C66H119O11P/c1-4-7-10-13-16-19-22-25-28-30-31-33-36-39-42-45-48-51-54-57-66(70)77-63(59-73-64(68)55-52-49-46-43-40-37-34-27-24-21-18-15-12-9-6-3)61-75-78(71,72)74-60-62(58-67)76-65(69)56-53-50-47-44-41-38-35-32-29-26-23-20-17-14-11-8-5-2/h9,12,17-18,20-21,26-27,29,34,62-63,67H,4-8,10-11,13-16,19,22-25,28,30-33,35-61H2,1-3H3,(H,71,72)/b12-9-,20-17-,21-18-,29-26-,34-27-. The average molecular weight is 1120 g/mol. The third-order valence-electron chi connectivity index (χ3n) is 13.9. The van der Waals surface area contributed by atoms with E-state index in [1.165, 1.54) is 135 Å². The monoisotopic (exact) mass is 1120 g/mol. The third-order valence-corrected chi connectivity index (χ3v) is 14.9. The van der Waals surface area contributed by atoms with Gasteiger partial charge in [0.05, 0.1) is 19.8 Å². The van der Waals surface area contributed by atoms with E-state index in [2.05, 4.69) is 81.5 Å². The lowest BCUT2D eigenvalue weighted by molar-refractivity contribution is -0.161. The molecule has 0 aromatic heterocycles. The summed E-state index contributed by atoms with van der Waals surface area (Å²) in [5, 5.41) is 9.85. The number of esters is 3. The summed E-state index contributed by atoms with van der Waals surface area (Å²) in [4.78, 5) is 48.7.